The number of aromatic hydroxyl groups is 1. The van der Waals surface area contributed by atoms with Gasteiger partial charge in [0.25, 0.3) is 0 Å². The highest BCUT2D eigenvalue weighted by atomic mass is 16.6. The van der Waals surface area contributed by atoms with Crippen molar-refractivity contribution in [3.05, 3.63) is 28.3 Å². The fraction of sp³-hybridized carbons (Fsp3) is 0.833. The average molecular weight is 767 g/mol. The molecule has 0 spiro atoms. The second kappa shape index (κ2) is 16.3. The number of hydrogen-bond donors (Lipinski definition) is 1. The topological polar surface area (TPSA) is 79.3 Å². The van der Waals surface area contributed by atoms with Crippen LogP contribution in [-0.2, 0) is 30.9 Å². The van der Waals surface area contributed by atoms with Crippen molar-refractivity contribution >= 4 is 11.9 Å². The summed E-state index contributed by atoms with van der Waals surface area (Å²) in [6, 6.07) is 2.07. The van der Waals surface area contributed by atoms with Crippen LogP contribution in [0.3, 0.4) is 0 Å². The minimum Gasteiger partial charge on any atom is -0.507 e. The summed E-state index contributed by atoms with van der Waals surface area (Å²) in [7, 11) is 4.45. The normalized spacial score (nSPS) is 35.3. The van der Waals surface area contributed by atoms with Gasteiger partial charge in [0.1, 0.15) is 18.0 Å². The monoisotopic (exact) mass is 767 g/mol. The largest absolute Gasteiger partial charge is 0.507 e. The van der Waals surface area contributed by atoms with Gasteiger partial charge in [0, 0.05) is 46.8 Å². The van der Waals surface area contributed by atoms with Crippen LogP contribution < -0.4 is 0 Å². The number of phenols is 1. The number of esters is 2. The van der Waals surface area contributed by atoms with Crippen molar-refractivity contribution in [3.63, 3.8) is 0 Å². The number of piperidine rings is 2. The number of likely N-dealkylation sites (tertiary alicyclic amines) is 2. The summed E-state index contributed by atoms with van der Waals surface area (Å²) < 4.78 is 14.0. The van der Waals surface area contributed by atoms with Crippen LogP contribution in [0.15, 0.2) is 6.07 Å². The van der Waals surface area contributed by atoms with Crippen molar-refractivity contribution < 1.29 is 24.2 Å². The highest BCUT2D eigenvalue weighted by Gasteiger charge is 2.60. The molecule has 3 aliphatic rings. The van der Waals surface area contributed by atoms with Gasteiger partial charge >= 0.3 is 11.9 Å². The van der Waals surface area contributed by atoms with E-state index >= 15 is 9.59 Å². The average Bonchev–Trinajstić information content (AvgIpc) is 3.15. The highest BCUT2D eigenvalue weighted by Crippen LogP contribution is 2.51. The third-order valence-corrected chi connectivity index (χ3v) is 17.3. The van der Waals surface area contributed by atoms with Gasteiger partial charge < -0.3 is 14.6 Å². The van der Waals surface area contributed by atoms with E-state index in [2.05, 4.69) is 120 Å². The van der Waals surface area contributed by atoms with Gasteiger partial charge in [0.2, 0.25) is 0 Å². The Balaban J connectivity index is 1.96. The van der Waals surface area contributed by atoms with E-state index in [1.54, 1.807) is 0 Å². The molecule has 0 radical (unpaired) electrons. The highest BCUT2D eigenvalue weighted by molar-refractivity contribution is 6.01. The molecule has 2 aliphatic heterocycles. The zero-order valence-electron chi connectivity index (χ0n) is 38.4. The van der Waals surface area contributed by atoms with Crippen LogP contribution >= 0.6 is 0 Å². The Hall–Kier alpha value is -2.12. The molecular formula is C48H82N2O5. The van der Waals surface area contributed by atoms with Crippen molar-refractivity contribution in [2.45, 2.75) is 221 Å². The Morgan fingerprint density at radius 3 is 1.53 bits per heavy atom. The predicted molar refractivity (Wildman–Crippen MR) is 227 cm³/mol. The first-order chi connectivity index (χ1) is 25.4. The number of nitrogens with zero attached hydrogens (tertiary/aromatic N) is 2. The van der Waals surface area contributed by atoms with Gasteiger partial charge in [-0.2, -0.15) is 0 Å². The molecule has 1 aromatic rings. The molecular weight excluding hydrogens is 685 g/mol. The molecule has 2 heterocycles. The van der Waals surface area contributed by atoms with E-state index in [0.29, 0.717) is 12.8 Å². The molecule has 0 amide bonds. The SMILES string of the molecule is CCC1(C)CC(OC(=O)C(Cc2cc(C(C)(C)C)c(O)c(C)c2C)(C(=O)OC2CC(C)(CC)N(C)C(C)(CC)C2C)C2CCCCC2)C(C)C(C)(CC)N1C. The lowest BCUT2D eigenvalue weighted by Crippen LogP contribution is -2.67. The zero-order valence-corrected chi connectivity index (χ0v) is 38.4. The summed E-state index contributed by atoms with van der Waals surface area (Å²) >= 11 is 0. The molecule has 3 fully saturated rings. The minimum atomic E-state index is -1.54. The molecule has 1 aromatic carbocycles. The molecule has 7 nitrogen and oxygen atoms in total. The van der Waals surface area contributed by atoms with Crippen LogP contribution in [0.25, 0.3) is 0 Å². The number of benzene rings is 1. The van der Waals surface area contributed by atoms with E-state index in [-0.39, 0.29) is 69.7 Å². The van der Waals surface area contributed by atoms with E-state index in [1.807, 2.05) is 13.8 Å². The molecule has 314 valence electrons. The Bertz CT molecular complexity index is 1480. The first kappa shape index (κ1) is 45.6. The summed E-state index contributed by atoms with van der Waals surface area (Å²) in [5.41, 5.74) is 0.872. The Morgan fingerprint density at radius 2 is 1.16 bits per heavy atom. The molecule has 55 heavy (non-hydrogen) atoms. The quantitative estimate of drug-likeness (QED) is 0.177. The summed E-state index contributed by atoms with van der Waals surface area (Å²) in [6.45, 7) is 32.9. The standard InChI is InChI=1S/C48H82N2O5/c1-18-44(12)29-38(33(7)46(14,20-3)49(44)16)54-41(52)48(36-25-23-22-24-26-36,28-35-27-37(43(9,10)11)40(51)32(6)31(35)5)42(53)55-39-30-45(13,19-2)50(17)47(15,21-4)34(39)8/h27,33-34,36,38-39,51H,18-26,28-30H2,1-17H3. The number of carbonyl (C=O) groups excluding carboxylic acids is 2. The van der Waals surface area contributed by atoms with Crippen LogP contribution in [0.4, 0.5) is 0 Å². The maximum atomic E-state index is 15.8. The first-order valence-electron chi connectivity index (χ1n) is 22.1. The van der Waals surface area contributed by atoms with Gasteiger partial charge in [-0.15, -0.1) is 0 Å². The van der Waals surface area contributed by atoms with Gasteiger partial charge in [-0.3, -0.25) is 19.4 Å². The predicted octanol–water partition coefficient (Wildman–Crippen LogP) is 10.9. The lowest BCUT2D eigenvalue weighted by molar-refractivity contribution is -0.203. The van der Waals surface area contributed by atoms with Crippen molar-refractivity contribution in [2.75, 3.05) is 14.1 Å². The Kier molecular flexibility index (Phi) is 13.5. The fourth-order valence-electron chi connectivity index (χ4n) is 11.1. The second-order valence-electron chi connectivity index (χ2n) is 20.5. The minimum absolute atomic E-state index is 0.0562. The van der Waals surface area contributed by atoms with E-state index in [9.17, 15) is 5.11 Å². The third-order valence-electron chi connectivity index (χ3n) is 17.3. The molecule has 1 aliphatic carbocycles. The van der Waals surface area contributed by atoms with E-state index in [1.165, 1.54) is 0 Å². The van der Waals surface area contributed by atoms with Gasteiger partial charge in [0.15, 0.2) is 5.41 Å². The van der Waals surface area contributed by atoms with Crippen molar-refractivity contribution in [1.82, 2.24) is 9.80 Å². The second-order valence-corrected chi connectivity index (χ2v) is 20.5. The van der Waals surface area contributed by atoms with Gasteiger partial charge in [-0.05, 0) is 134 Å². The summed E-state index contributed by atoms with van der Waals surface area (Å²) in [6.07, 6.45) is 9.18. The number of carbonyl (C=O) groups is 2. The molecule has 2 saturated heterocycles. The summed E-state index contributed by atoms with van der Waals surface area (Å²) in [4.78, 5) is 36.6. The third kappa shape index (κ3) is 7.77. The van der Waals surface area contributed by atoms with Crippen molar-refractivity contribution in [3.8, 4) is 5.75 Å². The van der Waals surface area contributed by atoms with Crippen LogP contribution in [0.5, 0.6) is 5.75 Å². The smallest absolute Gasteiger partial charge is 0.324 e. The Morgan fingerprint density at radius 1 is 0.745 bits per heavy atom. The molecule has 1 N–H and O–H groups in total. The van der Waals surface area contributed by atoms with Crippen LogP contribution in [0.1, 0.15) is 183 Å². The van der Waals surface area contributed by atoms with Gasteiger partial charge in [-0.25, -0.2) is 0 Å². The maximum Gasteiger partial charge on any atom is 0.324 e. The molecule has 0 aromatic heterocycles. The Labute approximate surface area is 337 Å². The molecule has 1 saturated carbocycles. The lowest BCUT2D eigenvalue weighted by atomic mass is 9.64. The van der Waals surface area contributed by atoms with E-state index in [0.717, 1.165) is 80.0 Å². The molecule has 8 atom stereocenters. The number of ether oxygens (including phenoxy) is 2. The van der Waals surface area contributed by atoms with Crippen LogP contribution in [-0.4, -0.2) is 75.3 Å². The zero-order chi connectivity index (χ0) is 41.7. The van der Waals surface area contributed by atoms with E-state index < -0.39 is 17.4 Å². The maximum absolute atomic E-state index is 15.8. The molecule has 7 heteroatoms. The molecule has 8 unspecified atom stereocenters. The fourth-order valence-corrected chi connectivity index (χ4v) is 11.1. The molecule has 0 bridgehead atoms. The van der Waals surface area contributed by atoms with Crippen LogP contribution in [0, 0.1) is 37.0 Å². The van der Waals surface area contributed by atoms with E-state index in [4.69, 9.17) is 9.47 Å². The lowest BCUT2D eigenvalue weighted by Gasteiger charge is -2.59. The summed E-state index contributed by atoms with van der Waals surface area (Å²) in [5, 5.41) is 11.4. The molecule has 4 rings (SSSR count). The van der Waals surface area contributed by atoms with Gasteiger partial charge in [-0.1, -0.05) is 87.6 Å². The van der Waals surface area contributed by atoms with Gasteiger partial charge in [0.05, 0.1) is 0 Å². The van der Waals surface area contributed by atoms with Crippen molar-refractivity contribution in [2.24, 2.45) is 23.2 Å². The summed E-state index contributed by atoms with van der Waals surface area (Å²) in [5.74, 6) is -0.648. The number of rotatable bonds is 11. The number of hydrogen-bond acceptors (Lipinski definition) is 7. The van der Waals surface area contributed by atoms with Crippen LogP contribution in [0.2, 0.25) is 0 Å². The first-order valence-corrected chi connectivity index (χ1v) is 22.1. The van der Waals surface area contributed by atoms with Crippen molar-refractivity contribution in [1.29, 1.82) is 0 Å². The number of phenolic OH excluding ortho intramolecular Hbond substituents is 1.